The standard InChI is InChI=1S/C72H92N12O20S/c1-41-66(98)84-35-15-18-54(84)69(101)83-34-14-16-52(83)63(95)78-50(26-28-60(91)92)67(99)81(39-57(73)88)32-12-8-6-4-3-5-7-11-31-80(40-58(89)77-51(27-29-61(93)94)68(100)82-33-13-17-53(82)64(96)79-62(42(2)85)65(97)75-41)59(90)19-9-10-30-74-71(105)76-43-20-23-46-49(36-43)72(104-70(46)102)47-24-21-44(86)37-55(47)103-56-38-45(87)22-25-48(56)72/h5,7,20-25,36-38,41-42,50-54,62,85-87H,3-4,6,8-19,26-35,39-40H2,1-2H3,(H2,73,88)(H,75,97)(H,77,89)(H,78,95)(H,79,96)(H,91,92)(H,93,94)(H2,74,76,105)/b7-5-/t41-,42+,50-,51-,52-,53-,54-,62-/m0/s1. The Kier molecular flexibility index (Phi) is 26.9. The highest BCUT2D eigenvalue weighted by Crippen LogP contribution is 2.57. The van der Waals surface area contributed by atoms with Gasteiger partial charge in [-0.15, -0.1) is 0 Å². The quantitative estimate of drug-likeness (QED) is 0.0449. The number of aliphatic carboxylic acids is 2. The largest absolute Gasteiger partial charge is 0.508 e. The van der Waals surface area contributed by atoms with Gasteiger partial charge in [-0.25, -0.2) is 4.79 Å². The number of aliphatic hydroxyl groups excluding tert-OH is 1. The van der Waals surface area contributed by atoms with E-state index in [0.717, 1.165) is 4.90 Å². The molecule has 33 heteroatoms. The number of nitrogens with zero attached hydrogens (tertiary/aromatic N) is 5. The van der Waals surface area contributed by atoms with Crippen LogP contribution in [0.2, 0.25) is 0 Å². The smallest absolute Gasteiger partial charge is 0.340 e. The number of amides is 10. The first-order chi connectivity index (χ1) is 50.1. The number of nitrogens with two attached hydrogens (primary N) is 1. The first-order valence-corrected chi connectivity index (χ1v) is 36.1. The van der Waals surface area contributed by atoms with Crippen molar-refractivity contribution in [3.05, 3.63) is 89.0 Å². The van der Waals surface area contributed by atoms with Crippen LogP contribution in [0.15, 0.2) is 66.7 Å². The molecule has 0 radical (unpaired) electrons. The zero-order valence-corrected chi connectivity index (χ0v) is 59.5. The number of phenolic OH excluding ortho intramolecular Hbond substituents is 2. The lowest BCUT2D eigenvalue weighted by Crippen LogP contribution is -2.61. The maximum absolute atomic E-state index is 14.5. The van der Waals surface area contributed by atoms with Crippen LogP contribution in [-0.2, 0) is 67.9 Å². The van der Waals surface area contributed by atoms with Crippen LogP contribution in [0.3, 0.4) is 0 Å². The fourth-order valence-electron chi connectivity index (χ4n) is 14.4. The molecule has 6 heterocycles. The average Bonchev–Trinajstić information content (AvgIpc) is 1.60. The van der Waals surface area contributed by atoms with Gasteiger partial charge in [0.05, 0.1) is 24.8 Å². The number of fused-ring (bicyclic) bond motifs is 9. The van der Waals surface area contributed by atoms with E-state index in [-0.39, 0.29) is 118 Å². The van der Waals surface area contributed by atoms with Crippen molar-refractivity contribution in [3.63, 3.8) is 0 Å². The van der Waals surface area contributed by atoms with Gasteiger partial charge in [-0.05, 0) is 158 Å². The number of aliphatic hydroxyl groups is 1. The molecule has 6 aliphatic heterocycles. The number of unbranched alkanes of at least 4 members (excludes halogenated alkanes) is 1. The number of hydrogen-bond acceptors (Lipinski definition) is 19. The molecular formula is C72H92N12O20S. The van der Waals surface area contributed by atoms with Gasteiger partial charge in [-0.3, -0.25) is 57.5 Å². The number of carbonyl (C=O) groups is 13. The van der Waals surface area contributed by atoms with Crippen molar-refractivity contribution in [1.29, 1.82) is 0 Å². The van der Waals surface area contributed by atoms with Crippen molar-refractivity contribution in [1.82, 2.24) is 51.1 Å². The fourth-order valence-corrected chi connectivity index (χ4v) is 14.6. The molecule has 566 valence electrons. The summed E-state index contributed by atoms with van der Waals surface area (Å²) in [6.45, 7) is 1.98. The summed E-state index contributed by atoms with van der Waals surface area (Å²) in [6, 6.07) is 4.32. The summed E-state index contributed by atoms with van der Waals surface area (Å²) in [5, 5.41) is 67.9. The van der Waals surface area contributed by atoms with Gasteiger partial charge in [0.25, 0.3) is 0 Å². The lowest BCUT2D eigenvalue weighted by Gasteiger charge is -2.36. The minimum Gasteiger partial charge on any atom is -0.508 e. The van der Waals surface area contributed by atoms with E-state index < -0.39 is 163 Å². The molecule has 1 spiro atoms. The number of primary amides is 1. The molecule has 8 atom stereocenters. The lowest BCUT2D eigenvalue weighted by atomic mass is 9.77. The van der Waals surface area contributed by atoms with Crippen LogP contribution < -0.4 is 42.4 Å². The van der Waals surface area contributed by atoms with E-state index in [2.05, 4.69) is 31.9 Å². The number of carbonyl (C=O) groups excluding carboxylic acids is 11. The fraction of sp³-hybridized carbons (Fsp3) is 0.528. The second-order valence-electron chi connectivity index (χ2n) is 27.2. The predicted octanol–water partition coefficient (Wildman–Crippen LogP) is 2.22. The molecular weight excluding hydrogens is 1380 g/mol. The highest BCUT2D eigenvalue weighted by Gasteiger charge is 2.54. The molecule has 10 amide bonds. The summed E-state index contributed by atoms with van der Waals surface area (Å²) in [5.41, 5.74) is 6.10. The maximum Gasteiger partial charge on any atom is 0.340 e. The third-order valence-electron chi connectivity index (χ3n) is 19.6. The second kappa shape index (κ2) is 35.8. The first-order valence-electron chi connectivity index (χ1n) is 35.7. The Morgan fingerprint density at radius 2 is 1.21 bits per heavy atom. The zero-order valence-electron chi connectivity index (χ0n) is 58.6. The molecule has 9 rings (SSSR count). The normalized spacial score (nSPS) is 23.8. The number of allylic oxidation sites excluding steroid dienone is 1. The molecule has 6 aliphatic rings. The Morgan fingerprint density at radius 1 is 0.629 bits per heavy atom. The summed E-state index contributed by atoms with van der Waals surface area (Å²) in [6.07, 6.45) is 5.51. The Balaban J connectivity index is 0.884. The molecule has 3 aromatic carbocycles. The summed E-state index contributed by atoms with van der Waals surface area (Å²) in [4.78, 5) is 184. The van der Waals surface area contributed by atoms with Gasteiger partial charge >= 0.3 is 17.9 Å². The van der Waals surface area contributed by atoms with Gasteiger partial charge < -0.3 is 97.1 Å². The Labute approximate surface area is 611 Å². The molecule has 3 fully saturated rings. The van der Waals surface area contributed by atoms with Crippen LogP contribution in [0.1, 0.15) is 163 Å². The van der Waals surface area contributed by atoms with Crippen LogP contribution in [0.25, 0.3) is 0 Å². The van der Waals surface area contributed by atoms with Crippen LogP contribution in [0, 0.1) is 0 Å². The number of nitrogens with one attached hydrogen (secondary N) is 6. The van der Waals surface area contributed by atoms with Crippen LogP contribution in [0.4, 0.5) is 5.69 Å². The third kappa shape index (κ3) is 19.5. The monoisotopic (exact) mass is 1480 g/mol. The second-order valence-corrected chi connectivity index (χ2v) is 27.6. The van der Waals surface area contributed by atoms with E-state index in [4.69, 9.17) is 27.4 Å². The average molecular weight is 1480 g/mol. The number of phenols is 2. The van der Waals surface area contributed by atoms with Gasteiger partial charge in [-0.1, -0.05) is 25.0 Å². The van der Waals surface area contributed by atoms with E-state index >= 15 is 0 Å². The predicted molar refractivity (Wildman–Crippen MR) is 378 cm³/mol. The molecule has 0 aliphatic carbocycles. The van der Waals surface area contributed by atoms with Crippen molar-refractivity contribution in [2.24, 2.45) is 5.73 Å². The third-order valence-corrected chi connectivity index (χ3v) is 19.8. The number of thiocarbonyl (C=S) groups is 1. The van der Waals surface area contributed by atoms with E-state index in [1.807, 2.05) is 12.2 Å². The summed E-state index contributed by atoms with van der Waals surface area (Å²) >= 11 is 5.68. The van der Waals surface area contributed by atoms with Gasteiger partial charge in [0.1, 0.15) is 65.3 Å². The number of carboxylic acids is 2. The number of hydrogen-bond donors (Lipinski definition) is 12. The summed E-state index contributed by atoms with van der Waals surface area (Å²) in [5.74, 6) is -10.5. The van der Waals surface area contributed by atoms with Crippen LogP contribution in [-0.4, -0.2) is 233 Å². The lowest BCUT2D eigenvalue weighted by molar-refractivity contribution is -0.148. The number of benzene rings is 3. The molecule has 105 heavy (non-hydrogen) atoms. The van der Waals surface area contributed by atoms with Crippen molar-refractivity contribution < 1.29 is 97.3 Å². The number of carboxylic acid groups (broad SMARTS) is 2. The minimum atomic E-state index is -1.70. The minimum absolute atomic E-state index is 0.0187. The van der Waals surface area contributed by atoms with Gasteiger partial charge in [0, 0.05) is 93.0 Å². The maximum atomic E-state index is 14.5. The van der Waals surface area contributed by atoms with Crippen molar-refractivity contribution in [2.45, 2.75) is 190 Å². The van der Waals surface area contributed by atoms with Crippen molar-refractivity contribution >= 4 is 100.0 Å². The first kappa shape index (κ1) is 78.7. The molecule has 3 saturated heterocycles. The Morgan fingerprint density at radius 3 is 1.83 bits per heavy atom. The Bertz CT molecular complexity index is 3820. The topological polar surface area (TPSA) is 456 Å². The van der Waals surface area contributed by atoms with Gasteiger partial charge in [0.15, 0.2) is 10.7 Å². The molecule has 0 saturated carbocycles. The number of ether oxygens (including phenoxy) is 2. The van der Waals surface area contributed by atoms with Gasteiger partial charge in [0.2, 0.25) is 59.1 Å². The van der Waals surface area contributed by atoms with E-state index in [1.165, 1.54) is 57.7 Å². The van der Waals surface area contributed by atoms with Crippen LogP contribution >= 0.6 is 12.2 Å². The summed E-state index contributed by atoms with van der Waals surface area (Å²) < 4.78 is 12.3. The highest BCUT2D eigenvalue weighted by atomic mass is 32.1. The molecule has 0 bridgehead atoms. The van der Waals surface area contributed by atoms with E-state index in [0.29, 0.717) is 80.2 Å². The molecule has 0 aromatic heterocycles. The number of anilines is 1. The van der Waals surface area contributed by atoms with E-state index in [9.17, 15) is 87.9 Å². The number of rotatable bonds is 15. The number of esters is 1. The zero-order chi connectivity index (χ0) is 75.8. The van der Waals surface area contributed by atoms with Gasteiger partial charge in [-0.2, -0.15) is 0 Å². The molecule has 13 N–H and O–H groups in total. The number of aromatic hydroxyl groups is 2. The van der Waals surface area contributed by atoms with Crippen LogP contribution in [0.5, 0.6) is 23.0 Å². The van der Waals surface area contributed by atoms with E-state index in [1.54, 1.807) is 30.3 Å². The van der Waals surface area contributed by atoms with Crippen molar-refractivity contribution in [3.8, 4) is 23.0 Å². The molecule has 32 nitrogen and oxygen atoms in total. The molecule has 3 aromatic rings. The Hall–Kier alpha value is -10.4. The highest BCUT2D eigenvalue weighted by molar-refractivity contribution is 7.80. The SMILES string of the molecule is C[C@@H]1NC(=O)[C@H]([C@@H](C)O)NC(=O)[C@@H]2CCCN2C(=O)[C@H](CCC(=O)O)NC(=O)CN(C(=O)CCCCNC(=S)Nc2ccc3c(c2)C2(OC3=O)c3ccc(O)cc3Oc3cc(O)ccc32)CC/C=C\CCCCCCN(CC(N)=O)C(=O)[C@H](CCC(=O)O)NC(=O)[C@@H]2CCCN2C(=O)[C@@H]2CCCN2C1=O. The summed E-state index contributed by atoms with van der Waals surface area (Å²) in [7, 11) is 0. The molecule has 0 unspecified atom stereocenters. The van der Waals surface area contributed by atoms with Crippen molar-refractivity contribution in [2.75, 3.05) is 57.7 Å².